The summed E-state index contributed by atoms with van der Waals surface area (Å²) in [5.41, 5.74) is 0.352. The minimum Gasteiger partial charge on any atom is -0.322 e. The number of amides is 1. The number of halogens is 3. The summed E-state index contributed by atoms with van der Waals surface area (Å²) in [5.74, 6) is -1.97. The van der Waals surface area contributed by atoms with E-state index in [1.807, 2.05) is 0 Å². The molecule has 2 aromatic rings. The highest BCUT2D eigenvalue weighted by Gasteiger charge is 2.18. The standard InChI is InChI=1S/C14H10ClF2NO/c15-13(9-4-2-1-3-5-9)14(19)18-12-8-10(16)6-7-11(12)17/h1-8,13H,(H,18,19). The zero-order valence-corrected chi connectivity index (χ0v) is 10.5. The fourth-order valence-electron chi connectivity index (χ4n) is 1.56. The van der Waals surface area contributed by atoms with Crippen molar-refractivity contribution in [3.05, 3.63) is 65.7 Å². The Labute approximate surface area is 114 Å². The van der Waals surface area contributed by atoms with Crippen molar-refractivity contribution in [1.29, 1.82) is 0 Å². The Kier molecular flexibility index (Phi) is 4.12. The van der Waals surface area contributed by atoms with Gasteiger partial charge >= 0.3 is 0 Å². The van der Waals surface area contributed by atoms with E-state index in [0.717, 1.165) is 18.2 Å². The Balaban J connectivity index is 2.15. The van der Waals surface area contributed by atoms with Crippen LogP contribution in [0.1, 0.15) is 10.9 Å². The second kappa shape index (κ2) is 5.80. The smallest absolute Gasteiger partial charge is 0.247 e. The number of hydrogen-bond acceptors (Lipinski definition) is 1. The topological polar surface area (TPSA) is 29.1 Å². The number of rotatable bonds is 3. The zero-order valence-electron chi connectivity index (χ0n) is 9.74. The van der Waals surface area contributed by atoms with E-state index in [9.17, 15) is 13.6 Å². The van der Waals surface area contributed by atoms with Crippen molar-refractivity contribution in [2.45, 2.75) is 5.38 Å². The number of alkyl halides is 1. The molecule has 2 aromatic carbocycles. The maximum Gasteiger partial charge on any atom is 0.247 e. The molecule has 1 unspecified atom stereocenters. The second-order valence-electron chi connectivity index (χ2n) is 3.89. The number of benzene rings is 2. The Hall–Kier alpha value is -1.94. The average Bonchev–Trinajstić information content (AvgIpc) is 2.43. The first-order chi connectivity index (χ1) is 9.08. The third kappa shape index (κ3) is 3.29. The first kappa shape index (κ1) is 13.5. The van der Waals surface area contributed by atoms with Crippen LogP contribution in [0, 0.1) is 11.6 Å². The van der Waals surface area contributed by atoms with Gasteiger partial charge in [0.2, 0.25) is 5.91 Å². The zero-order chi connectivity index (χ0) is 13.8. The molecule has 1 amide bonds. The molecule has 2 rings (SSSR count). The van der Waals surface area contributed by atoms with Gasteiger partial charge in [-0.2, -0.15) is 0 Å². The highest BCUT2D eigenvalue weighted by atomic mass is 35.5. The molecule has 1 N–H and O–H groups in total. The van der Waals surface area contributed by atoms with Gasteiger partial charge in [0.1, 0.15) is 17.0 Å². The molecule has 0 saturated carbocycles. The summed E-state index contributed by atoms with van der Waals surface area (Å²) < 4.78 is 26.3. The lowest BCUT2D eigenvalue weighted by molar-refractivity contribution is -0.116. The SMILES string of the molecule is O=C(Nc1cc(F)ccc1F)C(Cl)c1ccccc1. The van der Waals surface area contributed by atoms with Crippen LogP contribution in [-0.4, -0.2) is 5.91 Å². The summed E-state index contributed by atoms with van der Waals surface area (Å²) in [5, 5.41) is 1.29. The quantitative estimate of drug-likeness (QED) is 0.850. The molecule has 0 saturated heterocycles. The van der Waals surface area contributed by atoms with Gasteiger partial charge in [0.25, 0.3) is 0 Å². The minimum atomic E-state index is -0.969. The van der Waals surface area contributed by atoms with Crippen molar-refractivity contribution in [2.24, 2.45) is 0 Å². The second-order valence-corrected chi connectivity index (χ2v) is 4.32. The van der Waals surface area contributed by atoms with Crippen LogP contribution in [-0.2, 0) is 4.79 Å². The fraction of sp³-hybridized carbons (Fsp3) is 0.0714. The van der Waals surface area contributed by atoms with E-state index in [-0.39, 0.29) is 5.69 Å². The number of carbonyl (C=O) groups is 1. The van der Waals surface area contributed by atoms with Crippen LogP contribution in [0.3, 0.4) is 0 Å². The van der Waals surface area contributed by atoms with Crippen molar-refractivity contribution >= 4 is 23.2 Å². The largest absolute Gasteiger partial charge is 0.322 e. The van der Waals surface area contributed by atoms with E-state index in [1.54, 1.807) is 30.3 Å². The van der Waals surface area contributed by atoms with Crippen LogP contribution in [0.5, 0.6) is 0 Å². The van der Waals surface area contributed by atoms with Gasteiger partial charge in [-0.15, -0.1) is 11.6 Å². The van der Waals surface area contributed by atoms with Crippen molar-refractivity contribution < 1.29 is 13.6 Å². The molecule has 0 spiro atoms. The van der Waals surface area contributed by atoms with E-state index in [4.69, 9.17) is 11.6 Å². The average molecular weight is 282 g/mol. The Morgan fingerprint density at radius 2 is 1.79 bits per heavy atom. The lowest BCUT2D eigenvalue weighted by Gasteiger charge is -2.11. The van der Waals surface area contributed by atoms with Crippen molar-refractivity contribution in [1.82, 2.24) is 0 Å². The van der Waals surface area contributed by atoms with Gasteiger partial charge in [0.05, 0.1) is 5.69 Å². The van der Waals surface area contributed by atoms with Crippen molar-refractivity contribution in [3.8, 4) is 0 Å². The molecular formula is C14H10ClF2NO. The van der Waals surface area contributed by atoms with E-state index in [2.05, 4.69) is 5.32 Å². The van der Waals surface area contributed by atoms with Gasteiger partial charge in [-0.05, 0) is 17.7 Å². The van der Waals surface area contributed by atoms with Gasteiger partial charge in [-0.25, -0.2) is 8.78 Å². The molecule has 0 heterocycles. The maximum absolute atomic E-state index is 13.4. The molecule has 0 aliphatic carbocycles. The Bertz CT molecular complexity index is 589. The number of nitrogens with one attached hydrogen (secondary N) is 1. The summed E-state index contributed by atoms with van der Waals surface area (Å²) in [6, 6.07) is 11.4. The van der Waals surface area contributed by atoms with E-state index < -0.39 is 22.9 Å². The van der Waals surface area contributed by atoms with Crippen LogP contribution in [0.4, 0.5) is 14.5 Å². The molecule has 0 bridgehead atoms. The number of hydrogen-bond donors (Lipinski definition) is 1. The molecule has 19 heavy (non-hydrogen) atoms. The van der Waals surface area contributed by atoms with Crippen LogP contribution in [0.25, 0.3) is 0 Å². The summed E-state index contributed by atoms with van der Waals surface area (Å²) in [7, 11) is 0. The summed E-state index contributed by atoms with van der Waals surface area (Å²) >= 11 is 5.97. The van der Waals surface area contributed by atoms with Gasteiger partial charge in [0, 0.05) is 6.07 Å². The minimum absolute atomic E-state index is 0.230. The van der Waals surface area contributed by atoms with Crippen LogP contribution >= 0.6 is 11.6 Å². The maximum atomic E-state index is 13.4. The number of anilines is 1. The third-order valence-electron chi connectivity index (χ3n) is 2.51. The molecule has 0 aliphatic rings. The van der Waals surface area contributed by atoms with Crippen molar-refractivity contribution in [2.75, 3.05) is 5.32 Å². The molecule has 0 fully saturated rings. The first-order valence-corrected chi connectivity index (χ1v) is 5.96. The molecular weight excluding hydrogens is 272 g/mol. The van der Waals surface area contributed by atoms with E-state index in [0.29, 0.717) is 5.56 Å². The first-order valence-electron chi connectivity index (χ1n) is 5.53. The molecule has 2 nitrogen and oxygen atoms in total. The predicted octanol–water partition coefficient (Wildman–Crippen LogP) is 3.88. The van der Waals surface area contributed by atoms with Gasteiger partial charge in [-0.1, -0.05) is 30.3 Å². The van der Waals surface area contributed by atoms with Crippen LogP contribution in [0.2, 0.25) is 0 Å². The lowest BCUT2D eigenvalue weighted by Crippen LogP contribution is -2.18. The normalized spacial score (nSPS) is 11.9. The monoisotopic (exact) mass is 281 g/mol. The molecule has 98 valence electrons. The molecule has 0 radical (unpaired) electrons. The fourth-order valence-corrected chi connectivity index (χ4v) is 1.76. The number of carbonyl (C=O) groups excluding carboxylic acids is 1. The van der Waals surface area contributed by atoms with E-state index in [1.165, 1.54) is 0 Å². The predicted molar refractivity (Wildman–Crippen MR) is 70.0 cm³/mol. The molecule has 1 atom stereocenters. The van der Waals surface area contributed by atoms with Gasteiger partial charge < -0.3 is 5.32 Å². The molecule has 5 heteroatoms. The van der Waals surface area contributed by atoms with Gasteiger partial charge in [0.15, 0.2) is 0 Å². The molecule has 0 aromatic heterocycles. The van der Waals surface area contributed by atoms with Crippen LogP contribution < -0.4 is 5.32 Å². The van der Waals surface area contributed by atoms with Gasteiger partial charge in [-0.3, -0.25) is 4.79 Å². The lowest BCUT2D eigenvalue weighted by atomic mass is 10.1. The van der Waals surface area contributed by atoms with Crippen molar-refractivity contribution in [3.63, 3.8) is 0 Å². The Morgan fingerprint density at radius 1 is 1.11 bits per heavy atom. The Morgan fingerprint density at radius 3 is 2.47 bits per heavy atom. The summed E-state index contributed by atoms with van der Waals surface area (Å²) in [6.07, 6.45) is 0. The molecule has 0 aliphatic heterocycles. The van der Waals surface area contributed by atoms with Crippen LogP contribution in [0.15, 0.2) is 48.5 Å². The summed E-state index contributed by atoms with van der Waals surface area (Å²) in [4.78, 5) is 11.8. The summed E-state index contributed by atoms with van der Waals surface area (Å²) in [6.45, 7) is 0. The third-order valence-corrected chi connectivity index (χ3v) is 2.96. The highest BCUT2D eigenvalue weighted by molar-refractivity contribution is 6.32. The highest BCUT2D eigenvalue weighted by Crippen LogP contribution is 2.23. The van der Waals surface area contributed by atoms with E-state index >= 15 is 0 Å².